The Morgan fingerprint density at radius 3 is 2.48 bits per heavy atom. The minimum absolute atomic E-state index is 0.0542. The van der Waals surface area contributed by atoms with Crippen molar-refractivity contribution in [1.82, 2.24) is 20.4 Å². The molecule has 0 bridgehead atoms. The molecule has 5 nitrogen and oxygen atoms in total. The van der Waals surface area contributed by atoms with E-state index in [0.29, 0.717) is 6.04 Å². The molecule has 21 heavy (non-hydrogen) atoms. The third-order valence-electron chi connectivity index (χ3n) is 4.67. The number of aromatic nitrogens is 2. The van der Waals surface area contributed by atoms with Crippen LogP contribution in [-0.4, -0.2) is 28.8 Å². The van der Waals surface area contributed by atoms with E-state index in [0.717, 1.165) is 30.2 Å². The predicted octanol–water partition coefficient (Wildman–Crippen LogP) is 2.01. The van der Waals surface area contributed by atoms with Gasteiger partial charge < -0.3 is 10.6 Å². The Labute approximate surface area is 127 Å². The Morgan fingerprint density at radius 1 is 1.33 bits per heavy atom. The van der Waals surface area contributed by atoms with Crippen LogP contribution in [0.25, 0.3) is 0 Å². The van der Waals surface area contributed by atoms with Gasteiger partial charge in [-0.25, -0.2) is 0 Å². The van der Waals surface area contributed by atoms with Crippen molar-refractivity contribution in [2.45, 2.75) is 51.6 Å². The summed E-state index contributed by atoms with van der Waals surface area (Å²) < 4.78 is 1.72. The van der Waals surface area contributed by atoms with Gasteiger partial charge in [-0.3, -0.25) is 9.48 Å². The summed E-state index contributed by atoms with van der Waals surface area (Å²) in [4.78, 5) is 12.5. The molecule has 1 atom stereocenters. The minimum atomic E-state index is -0.318. The second kappa shape index (κ2) is 7.07. The lowest BCUT2D eigenvalue weighted by molar-refractivity contribution is -0.124. The Hall–Kier alpha value is -1.36. The molecule has 2 rings (SSSR count). The van der Waals surface area contributed by atoms with Crippen molar-refractivity contribution >= 4 is 5.91 Å². The average molecular weight is 292 g/mol. The smallest absolute Gasteiger partial charge is 0.242 e. The van der Waals surface area contributed by atoms with Crippen LogP contribution in [0.5, 0.6) is 0 Å². The number of amides is 1. The molecule has 1 aromatic rings. The number of likely N-dealkylation sites (N-methyl/N-ethyl adjacent to an activating group) is 1. The molecular formula is C16H28N4O. The van der Waals surface area contributed by atoms with E-state index in [1.807, 2.05) is 20.3 Å². The van der Waals surface area contributed by atoms with E-state index in [1.54, 1.807) is 10.9 Å². The lowest BCUT2D eigenvalue weighted by atomic mass is 9.79. The third kappa shape index (κ3) is 4.06. The van der Waals surface area contributed by atoms with E-state index in [4.69, 9.17) is 0 Å². The summed E-state index contributed by atoms with van der Waals surface area (Å²) in [5.41, 5.74) is 0.911. The van der Waals surface area contributed by atoms with Crippen molar-refractivity contribution in [1.29, 1.82) is 0 Å². The maximum absolute atomic E-state index is 12.5. The van der Waals surface area contributed by atoms with Crippen molar-refractivity contribution in [3.05, 3.63) is 18.0 Å². The molecular weight excluding hydrogens is 264 g/mol. The molecule has 5 heteroatoms. The summed E-state index contributed by atoms with van der Waals surface area (Å²) in [7, 11) is 3.67. The zero-order valence-corrected chi connectivity index (χ0v) is 13.6. The fourth-order valence-corrected chi connectivity index (χ4v) is 3.25. The average Bonchev–Trinajstić information content (AvgIpc) is 2.86. The van der Waals surface area contributed by atoms with Crippen LogP contribution in [0, 0.1) is 11.8 Å². The molecule has 1 heterocycles. The second-order valence-corrected chi connectivity index (χ2v) is 6.53. The van der Waals surface area contributed by atoms with Gasteiger partial charge in [0.1, 0.15) is 6.04 Å². The molecule has 1 aliphatic carbocycles. The fourth-order valence-electron chi connectivity index (χ4n) is 3.25. The van der Waals surface area contributed by atoms with Gasteiger partial charge in [0.2, 0.25) is 5.91 Å². The first-order valence-corrected chi connectivity index (χ1v) is 7.97. The predicted molar refractivity (Wildman–Crippen MR) is 83.7 cm³/mol. The van der Waals surface area contributed by atoms with Crippen LogP contribution < -0.4 is 10.6 Å². The molecule has 1 aromatic heterocycles. The molecule has 0 aromatic carbocycles. The van der Waals surface area contributed by atoms with Gasteiger partial charge >= 0.3 is 0 Å². The van der Waals surface area contributed by atoms with Crippen molar-refractivity contribution in [2.24, 2.45) is 18.9 Å². The van der Waals surface area contributed by atoms with Crippen LogP contribution in [-0.2, 0) is 11.8 Å². The summed E-state index contributed by atoms with van der Waals surface area (Å²) >= 11 is 0. The highest BCUT2D eigenvalue weighted by molar-refractivity contribution is 5.83. The van der Waals surface area contributed by atoms with Crippen LogP contribution in [0.2, 0.25) is 0 Å². The minimum Gasteiger partial charge on any atom is -0.352 e. The third-order valence-corrected chi connectivity index (χ3v) is 4.67. The van der Waals surface area contributed by atoms with Gasteiger partial charge in [0, 0.05) is 24.8 Å². The molecule has 1 saturated carbocycles. The summed E-state index contributed by atoms with van der Waals surface area (Å²) in [6.07, 6.45) is 8.27. The number of carbonyl (C=O) groups excluding carboxylic acids is 1. The van der Waals surface area contributed by atoms with Crippen molar-refractivity contribution in [3.8, 4) is 0 Å². The Balaban J connectivity index is 1.89. The molecule has 0 radical (unpaired) electrons. The number of nitrogens with zero attached hydrogens (tertiary/aromatic N) is 2. The van der Waals surface area contributed by atoms with E-state index in [1.165, 1.54) is 12.8 Å². The maximum Gasteiger partial charge on any atom is 0.242 e. The molecule has 2 N–H and O–H groups in total. The van der Waals surface area contributed by atoms with Crippen LogP contribution in [0.1, 0.15) is 51.1 Å². The summed E-state index contributed by atoms with van der Waals surface area (Å²) in [5, 5.41) is 10.4. The topological polar surface area (TPSA) is 59.0 Å². The Kier molecular flexibility index (Phi) is 5.39. The summed E-state index contributed by atoms with van der Waals surface area (Å²) in [6, 6.07) is 0.00143. The van der Waals surface area contributed by atoms with Crippen molar-refractivity contribution in [2.75, 3.05) is 7.05 Å². The molecule has 1 fully saturated rings. The van der Waals surface area contributed by atoms with E-state index in [-0.39, 0.29) is 11.9 Å². The van der Waals surface area contributed by atoms with Crippen molar-refractivity contribution in [3.63, 3.8) is 0 Å². The Morgan fingerprint density at radius 2 is 2.00 bits per heavy atom. The number of aryl methyl sites for hydroxylation is 1. The molecule has 118 valence electrons. The number of carbonyl (C=O) groups is 1. The van der Waals surface area contributed by atoms with Gasteiger partial charge in [0.15, 0.2) is 0 Å². The van der Waals surface area contributed by atoms with E-state index in [9.17, 15) is 4.79 Å². The molecule has 1 unspecified atom stereocenters. The zero-order chi connectivity index (χ0) is 15.4. The standard InChI is InChI=1S/C16H28N4O/c1-11(2)12-5-7-14(8-6-12)19-16(21)15(17-3)13-9-18-20(4)10-13/h9-12,14-15,17H,5-8H2,1-4H3,(H,19,21). The molecule has 0 spiro atoms. The van der Waals surface area contributed by atoms with E-state index >= 15 is 0 Å². The largest absolute Gasteiger partial charge is 0.352 e. The molecule has 0 saturated heterocycles. The van der Waals surface area contributed by atoms with E-state index < -0.39 is 0 Å². The first kappa shape index (κ1) is 16.0. The first-order valence-electron chi connectivity index (χ1n) is 7.97. The summed E-state index contributed by atoms with van der Waals surface area (Å²) in [6.45, 7) is 4.59. The lowest BCUT2D eigenvalue weighted by Crippen LogP contribution is -2.43. The maximum atomic E-state index is 12.5. The van der Waals surface area contributed by atoms with Crippen LogP contribution in [0.3, 0.4) is 0 Å². The second-order valence-electron chi connectivity index (χ2n) is 6.53. The fraction of sp³-hybridized carbons (Fsp3) is 0.750. The first-order chi connectivity index (χ1) is 10.0. The number of rotatable bonds is 5. The van der Waals surface area contributed by atoms with Gasteiger partial charge in [-0.15, -0.1) is 0 Å². The zero-order valence-electron chi connectivity index (χ0n) is 13.6. The summed E-state index contributed by atoms with van der Waals surface area (Å²) in [5.74, 6) is 1.62. The van der Waals surface area contributed by atoms with Gasteiger partial charge in [-0.05, 0) is 44.6 Å². The van der Waals surface area contributed by atoms with Gasteiger partial charge in [0.25, 0.3) is 0 Å². The van der Waals surface area contributed by atoms with Gasteiger partial charge in [0.05, 0.1) is 6.20 Å². The highest BCUT2D eigenvalue weighted by Gasteiger charge is 2.27. The quantitative estimate of drug-likeness (QED) is 0.873. The molecule has 1 aliphatic rings. The molecule has 0 aliphatic heterocycles. The van der Waals surface area contributed by atoms with Crippen molar-refractivity contribution < 1.29 is 4.79 Å². The van der Waals surface area contributed by atoms with Crippen LogP contribution in [0.4, 0.5) is 0 Å². The number of nitrogens with one attached hydrogen (secondary N) is 2. The number of hydrogen-bond acceptors (Lipinski definition) is 3. The highest BCUT2D eigenvalue weighted by atomic mass is 16.2. The number of hydrogen-bond donors (Lipinski definition) is 2. The normalized spacial score (nSPS) is 24.0. The lowest BCUT2D eigenvalue weighted by Gasteiger charge is -2.32. The van der Waals surface area contributed by atoms with Gasteiger partial charge in [-0.2, -0.15) is 5.10 Å². The van der Waals surface area contributed by atoms with E-state index in [2.05, 4.69) is 29.6 Å². The highest BCUT2D eigenvalue weighted by Crippen LogP contribution is 2.30. The van der Waals surface area contributed by atoms with Crippen LogP contribution in [0.15, 0.2) is 12.4 Å². The van der Waals surface area contributed by atoms with Gasteiger partial charge in [-0.1, -0.05) is 13.8 Å². The SMILES string of the molecule is CNC(C(=O)NC1CCC(C(C)C)CC1)c1cnn(C)c1. The molecule has 1 amide bonds. The monoisotopic (exact) mass is 292 g/mol. The van der Waals surface area contributed by atoms with Crippen LogP contribution >= 0.6 is 0 Å². The Bertz CT molecular complexity index is 461.